The monoisotopic (exact) mass is 356 g/mol. The molecule has 4 aromatic rings. The molecule has 0 aliphatic carbocycles. The first kappa shape index (κ1) is 17.0. The smallest absolute Gasteiger partial charge is 0.251 e. The van der Waals surface area contributed by atoms with E-state index in [0.717, 1.165) is 34.9 Å². The molecular formula is C22H20N4O. The van der Waals surface area contributed by atoms with E-state index in [2.05, 4.69) is 21.4 Å². The van der Waals surface area contributed by atoms with Gasteiger partial charge in [0, 0.05) is 43.4 Å². The average molecular weight is 356 g/mol. The second-order valence-corrected chi connectivity index (χ2v) is 6.35. The van der Waals surface area contributed by atoms with Gasteiger partial charge in [0.05, 0.1) is 6.33 Å². The van der Waals surface area contributed by atoms with Crippen molar-refractivity contribution in [3.05, 3.63) is 85.2 Å². The van der Waals surface area contributed by atoms with Gasteiger partial charge >= 0.3 is 0 Å². The van der Waals surface area contributed by atoms with Crippen molar-refractivity contribution in [3.8, 4) is 11.1 Å². The summed E-state index contributed by atoms with van der Waals surface area (Å²) in [6.45, 7) is 1.46. The highest BCUT2D eigenvalue weighted by atomic mass is 16.1. The molecule has 2 aromatic heterocycles. The molecule has 1 N–H and O–H groups in total. The van der Waals surface area contributed by atoms with Crippen molar-refractivity contribution in [2.24, 2.45) is 0 Å². The molecule has 0 saturated carbocycles. The summed E-state index contributed by atoms with van der Waals surface area (Å²) in [7, 11) is 0. The Bertz CT molecular complexity index is 1040. The number of pyridine rings is 1. The molecule has 4 rings (SSSR count). The second-order valence-electron chi connectivity index (χ2n) is 6.35. The molecule has 0 radical (unpaired) electrons. The molecule has 0 bridgehead atoms. The third-order valence-corrected chi connectivity index (χ3v) is 4.60. The van der Waals surface area contributed by atoms with Crippen LogP contribution in [0.15, 0.2) is 79.6 Å². The zero-order chi connectivity index (χ0) is 18.5. The van der Waals surface area contributed by atoms with E-state index in [1.54, 1.807) is 24.9 Å². The summed E-state index contributed by atoms with van der Waals surface area (Å²) >= 11 is 0. The van der Waals surface area contributed by atoms with Crippen LogP contribution in [-0.2, 0) is 6.54 Å². The Morgan fingerprint density at radius 3 is 2.52 bits per heavy atom. The van der Waals surface area contributed by atoms with Crippen LogP contribution >= 0.6 is 0 Å². The predicted molar refractivity (Wildman–Crippen MR) is 106 cm³/mol. The lowest BCUT2D eigenvalue weighted by Crippen LogP contribution is -2.25. The van der Waals surface area contributed by atoms with Crippen molar-refractivity contribution in [3.63, 3.8) is 0 Å². The zero-order valence-corrected chi connectivity index (χ0v) is 14.9. The van der Waals surface area contributed by atoms with Gasteiger partial charge in [0.2, 0.25) is 0 Å². The Kier molecular flexibility index (Phi) is 4.92. The van der Waals surface area contributed by atoms with Crippen LogP contribution in [0.25, 0.3) is 21.9 Å². The van der Waals surface area contributed by atoms with E-state index in [0.29, 0.717) is 12.1 Å². The van der Waals surface area contributed by atoms with E-state index in [1.165, 1.54) is 0 Å². The molecular weight excluding hydrogens is 336 g/mol. The number of aromatic nitrogens is 3. The number of benzene rings is 2. The highest BCUT2D eigenvalue weighted by molar-refractivity contribution is 6.10. The molecule has 27 heavy (non-hydrogen) atoms. The van der Waals surface area contributed by atoms with Crippen LogP contribution in [0.3, 0.4) is 0 Å². The third-order valence-electron chi connectivity index (χ3n) is 4.60. The molecule has 0 aliphatic rings. The van der Waals surface area contributed by atoms with Crippen LogP contribution in [0.4, 0.5) is 0 Å². The molecule has 0 fully saturated rings. The lowest BCUT2D eigenvalue weighted by atomic mass is 9.95. The topological polar surface area (TPSA) is 59.8 Å². The maximum atomic E-state index is 12.7. The first-order valence-corrected chi connectivity index (χ1v) is 8.99. The minimum Gasteiger partial charge on any atom is -0.352 e. The maximum absolute atomic E-state index is 12.7. The van der Waals surface area contributed by atoms with Gasteiger partial charge < -0.3 is 9.88 Å². The molecule has 1 amide bonds. The molecule has 0 aliphatic heterocycles. The van der Waals surface area contributed by atoms with Crippen molar-refractivity contribution in [1.29, 1.82) is 0 Å². The second kappa shape index (κ2) is 7.83. The van der Waals surface area contributed by atoms with Crippen LogP contribution in [0, 0.1) is 0 Å². The molecule has 0 saturated heterocycles. The molecule has 134 valence electrons. The molecule has 0 spiro atoms. The number of fused-ring (bicyclic) bond motifs is 1. The lowest BCUT2D eigenvalue weighted by molar-refractivity contribution is 0.0954. The Labute approximate surface area is 157 Å². The van der Waals surface area contributed by atoms with Gasteiger partial charge in [-0.25, -0.2) is 4.98 Å². The predicted octanol–water partition coefficient (Wildman–Crippen LogP) is 3.92. The highest BCUT2D eigenvalue weighted by Crippen LogP contribution is 2.30. The fourth-order valence-electron chi connectivity index (χ4n) is 3.26. The normalized spacial score (nSPS) is 10.8. The number of carbonyl (C=O) groups is 1. The van der Waals surface area contributed by atoms with E-state index in [4.69, 9.17) is 0 Å². The van der Waals surface area contributed by atoms with E-state index in [9.17, 15) is 4.79 Å². The Balaban J connectivity index is 1.54. The first-order chi connectivity index (χ1) is 13.3. The highest BCUT2D eigenvalue weighted by Gasteiger charge is 2.12. The third kappa shape index (κ3) is 3.72. The molecule has 2 aromatic carbocycles. The van der Waals surface area contributed by atoms with Crippen molar-refractivity contribution < 1.29 is 4.79 Å². The molecule has 5 heteroatoms. The average Bonchev–Trinajstić information content (AvgIpc) is 3.24. The zero-order valence-electron chi connectivity index (χ0n) is 14.9. The van der Waals surface area contributed by atoms with Crippen molar-refractivity contribution in [2.45, 2.75) is 13.0 Å². The summed E-state index contributed by atoms with van der Waals surface area (Å²) in [6, 6.07) is 15.9. The van der Waals surface area contributed by atoms with Crippen molar-refractivity contribution >= 4 is 16.7 Å². The van der Waals surface area contributed by atoms with E-state index >= 15 is 0 Å². The SMILES string of the molecule is O=C(NCCCn1ccnc1)c1ccc(-c2ccncc2)c2ccccc12. The van der Waals surface area contributed by atoms with Gasteiger partial charge in [-0.05, 0) is 46.5 Å². The van der Waals surface area contributed by atoms with E-state index in [1.807, 2.05) is 53.2 Å². The van der Waals surface area contributed by atoms with Crippen LogP contribution in [0.1, 0.15) is 16.8 Å². The molecule has 5 nitrogen and oxygen atoms in total. The van der Waals surface area contributed by atoms with Gasteiger partial charge in [0.1, 0.15) is 0 Å². The number of aryl methyl sites for hydroxylation is 1. The number of nitrogens with zero attached hydrogens (tertiary/aromatic N) is 3. The van der Waals surface area contributed by atoms with E-state index in [-0.39, 0.29) is 5.91 Å². The fraction of sp³-hybridized carbons (Fsp3) is 0.136. The summed E-state index contributed by atoms with van der Waals surface area (Å²) in [6.07, 6.45) is 9.89. The van der Waals surface area contributed by atoms with Crippen LogP contribution in [0.2, 0.25) is 0 Å². The van der Waals surface area contributed by atoms with Crippen LogP contribution in [0.5, 0.6) is 0 Å². The van der Waals surface area contributed by atoms with Crippen molar-refractivity contribution in [2.75, 3.05) is 6.54 Å². The fourth-order valence-corrected chi connectivity index (χ4v) is 3.26. The largest absolute Gasteiger partial charge is 0.352 e. The van der Waals surface area contributed by atoms with Gasteiger partial charge in [-0.15, -0.1) is 0 Å². The van der Waals surface area contributed by atoms with Crippen LogP contribution in [-0.4, -0.2) is 27.0 Å². The Morgan fingerprint density at radius 1 is 0.926 bits per heavy atom. The van der Waals surface area contributed by atoms with Crippen LogP contribution < -0.4 is 5.32 Å². The maximum Gasteiger partial charge on any atom is 0.251 e. The Hall–Kier alpha value is -3.47. The summed E-state index contributed by atoms with van der Waals surface area (Å²) in [4.78, 5) is 20.8. The number of hydrogen-bond acceptors (Lipinski definition) is 3. The Morgan fingerprint density at radius 2 is 1.74 bits per heavy atom. The summed E-state index contributed by atoms with van der Waals surface area (Å²) in [5.41, 5.74) is 2.89. The summed E-state index contributed by atoms with van der Waals surface area (Å²) < 4.78 is 2.01. The number of nitrogens with one attached hydrogen (secondary N) is 1. The van der Waals surface area contributed by atoms with Gasteiger partial charge in [-0.3, -0.25) is 9.78 Å². The standard InChI is InChI=1S/C22H20N4O/c27-22(25-10-3-14-26-15-13-24-16-26)21-7-6-18(17-8-11-23-12-9-17)19-4-1-2-5-20(19)21/h1-2,4-9,11-13,15-16H,3,10,14H2,(H,25,27). The number of hydrogen-bond donors (Lipinski definition) is 1. The van der Waals surface area contributed by atoms with Gasteiger partial charge in [0.15, 0.2) is 0 Å². The quantitative estimate of drug-likeness (QED) is 0.533. The summed E-state index contributed by atoms with van der Waals surface area (Å²) in [5.74, 6) is -0.0434. The minimum atomic E-state index is -0.0434. The number of carbonyl (C=O) groups excluding carboxylic acids is 1. The van der Waals surface area contributed by atoms with E-state index < -0.39 is 0 Å². The molecule has 0 atom stereocenters. The summed E-state index contributed by atoms with van der Waals surface area (Å²) in [5, 5.41) is 5.05. The number of rotatable bonds is 6. The minimum absolute atomic E-state index is 0.0434. The van der Waals surface area contributed by atoms with Crippen molar-refractivity contribution in [1.82, 2.24) is 19.9 Å². The van der Waals surface area contributed by atoms with Gasteiger partial charge in [-0.2, -0.15) is 0 Å². The van der Waals surface area contributed by atoms with Gasteiger partial charge in [0.25, 0.3) is 5.91 Å². The lowest BCUT2D eigenvalue weighted by Gasteiger charge is -2.12. The number of amides is 1. The molecule has 2 heterocycles. The number of imidazole rings is 1. The molecule has 0 unspecified atom stereocenters. The first-order valence-electron chi connectivity index (χ1n) is 8.99. The van der Waals surface area contributed by atoms with Gasteiger partial charge in [-0.1, -0.05) is 30.3 Å².